The number of hydrogen-bond donors (Lipinski definition) is 1. The van der Waals surface area contributed by atoms with E-state index in [-0.39, 0.29) is 5.57 Å². The number of anilines is 1. The highest BCUT2D eigenvalue weighted by molar-refractivity contribution is 6.15. The summed E-state index contributed by atoms with van der Waals surface area (Å²) in [6.07, 6.45) is 5.39. The highest BCUT2D eigenvalue weighted by atomic mass is 16.7. The fourth-order valence-electron chi connectivity index (χ4n) is 3.40. The van der Waals surface area contributed by atoms with Crippen molar-refractivity contribution < 1.29 is 19.1 Å². The molecule has 0 aromatic heterocycles. The van der Waals surface area contributed by atoms with E-state index in [1.54, 1.807) is 0 Å². The molecule has 1 aliphatic carbocycles. The zero-order chi connectivity index (χ0) is 17.3. The molecule has 2 fully saturated rings. The van der Waals surface area contributed by atoms with Crippen LogP contribution in [0.3, 0.4) is 0 Å². The van der Waals surface area contributed by atoms with E-state index < -0.39 is 17.7 Å². The Morgan fingerprint density at radius 3 is 2.28 bits per heavy atom. The van der Waals surface area contributed by atoms with E-state index in [1.807, 2.05) is 42.5 Å². The Hall–Kier alpha value is -2.82. The molecule has 5 nitrogen and oxygen atoms in total. The maximum Gasteiger partial charge on any atom is 0.350 e. The lowest BCUT2D eigenvalue weighted by Gasteiger charge is -2.38. The molecule has 5 heteroatoms. The molecule has 25 heavy (non-hydrogen) atoms. The monoisotopic (exact) mass is 337 g/mol. The average Bonchev–Trinajstić information content (AvgIpc) is 2.61. The zero-order valence-corrected chi connectivity index (χ0v) is 13.8. The highest BCUT2D eigenvalue weighted by Gasteiger charge is 2.46. The van der Waals surface area contributed by atoms with Crippen molar-refractivity contribution in [2.45, 2.75) is 37.9 Å². The van der Waals surface area contributed by atoms with E-state index >= 15 is 0 Å². The van der Waals surface area contributed by atoms with Gasteiger partial charge < -0.3 is 14.8 Å². The summed E-state index contributed by atoms with van der Waals surface area (Å²) in [5, 5.41) is 5.19. The van der Waals surface area contributed by atoms with E-state index in [4.69, 9.17) is 9.47 Å². The molecule has 1 saturated heterocycles. The minimum Gasteiger partial charge on any atom is -0.419 e. The molecule has 128 valence electrons. The molecule has 0 unspecified atom stereocenters. The Bertz CT molecular complexity index is 843. The molecule has 1 spiro atoms. The topological polar surface area (TPSA) is 64.6 Å². The third-order valence-electron chi connectivity index (χ3n) is 4.75. The second kappa shape index (κ2) is 6.24. The van der Waals surface area contributed by atoms with Crippen LogP contribution in [0, 0.1) is 0 Å². The van der Waals surface area contributed by atoms with Crippen LogP contribution in [0.15, 0.2) is 54.2 Å². The average molecular weight is 337 g/mol. The lowest BCUT2D eigenvalue weighted by atomic mass is 9.93. The first-order valence-corrected chi connectivity index (χ1v) is 8.57. The Morgan fingerprint density at radius 2 is 1.56 bits per heavy atom. The van der Waals surface area contributed by atoms with Crippen molar-refractivity contribution in [1.29, 1.82) is 0 Å². The smallest absolute Gasteiger partial charge is 0.350 e. The summed E-state index contributed by atoms with van der Waals surface area (Å²) in [5.41, 5.74) is 0.675. The van der Waals surface area contributed by atoms with Crippen LogP contribution < -0.4 is 5.32 Å². The molecule has 0 amide bonds. The Balaban J connectivity index is 1.52. The van der Waals surface area contributed by atoms with Crippen LogP contribution in [0.1, 0.15) is 32.1 Å². The van der Waals surface area contributed by atoms with Gasteiger partial charge in [0.2, 0.25) is 0 Å². The first kappa shape index (κ1) is 15.7. The molecule has 0 bridgehead atoms. The number of benzene rings is 2. The zero-order valence-electron chi connectivity index (χ0n) is 13.8. The van der Waals surface area contributed by atoms with Gasteiger partial charge in [-0.1, -0.05) is 36.8 Å². The lowest BCUT2D eigenvalue weighted by molar-refractivity contribution is -0.244. The number of carbonyl (C=O) groups excluding carboxylic acids is 2. The van der Waals surface area contributed by atoms with Crippen molar-refractivity contribution in [3.63, 3.8) is 0 Å². The molecular formula is C20H19NO4. The van der Waals surface area contributed by atoms with Crippen molar-refractivity contribution in [2.24, 2.45) is 0 Å². The Labute approximate surface area is 145 Å². The minimum absolute atomic E-state index is 0.107. The molecule has 0 atom stereocenters. The molecule has 0 radical (unpaired) electrons. The van der Waals surface area contributed by atoms with Gasteiger partial charge in [0.15, 0.2) is 5.57 Å². The number of carbonyl (C=O) groups is 2. The fourth-order valence-corrected chi connectivity index (χ4v) is 3.40. The number of ether oxygens (including phenoxy) is 2. The summed E-state index contributed by atoms with van der Waals surface area (Å²) >= 11 is 0. The molecule has 1 aliphatic heterocycles. The molecule has 1 heterocycles. The fraction of sp³-hybridized carbons (Fsp3) is 0.300. The third-order valence-corrected chi connectivity index (χ3v) is 4.75. The van der Waals surface area contributed by atoms with Gasteiger partial charge >= 0.3 is 11.9 Å². The Morgan fingerprint density at radius 1 is 0.880 bits per heavy atom. The van der Waals surface area contributed by atoms with Gasteiger partial charge in [-0.3, -0.25) is 0 Å². The normalized spacial score (nSPS) is 19.4. The van der Waals surface area contributed by atoms with Crippen LogP contribution in [0.2, 0.25) is 0 Å². The van der Waals surface area contributed by atoms with Gasteiger partial charge in [-0.25, -0.2) is 9.59 Å². The van der Waals surface area contributed by atoms with Gasteiger partial charge in [-0.15, -0.1) is 0 Å². The molecule has 1 N–H and O–H groups in total. The molecule has 1 saturated carbocycles. The van der Waals surface area contributed by atoms with Crippen LogP contribution in [0.4, 0.5) is 5.69 Å². The van der Waals surface area contributed by atoms with Crippen LogP contribution in [-0.4, -0.2) is 17.7 Å². The van der Waals surface area contributed by atoms with Crippen molar-refractivity contribution >= 4 is 28.4 Å². The number of nitrogens with one attached hydrogen (secondary N) is 1. The second-order valence-corrected chi connectivity index (χ2v) is 6.51. The van der Waals surface area contributed by atoms with Crippen LogP contribution in [-0.2, 0) is 19.1 Å². The van der Waals surface area contributed by atoms with E-state index in [9.17, 15) is 9.59 Å². The van der Waals surface area contributed by atoms with Crippen molar-refractivity contribution in [1.82, 2.24) is 0 Å². The van der Waals surface area contributed by atoms with Crippen molar-refractivity contribution in [2.75, 3.05) is 5.32 Å². The molecule has 2 aromatic carbocycles. The van der Waals surface area contributed by atoms with Crippen molar-refractivity contribution in [3.8, 4) is 0 Å². The lowest BCUT2D eigenvalue weighted by Crippen LogP contribution is -2.47. The minimum atomic E-state index is -1.05. The second-order valence-electron chi connectivity index (χ2n) is 6.51. The van der Waals surface area contributed by atoms with Crippen molar-refractivity contribution in [3.05, 3.63) is 54.2 Å². The molecular weight excluding hydrogens is 318 g/mol. The van der Waals surface area contributed by atoms with E-state index in [0.717, 1.165) is 35.7 Å². The maximum absolute atomic E-state index is 12.3. The number of esters is 2. The van der Waals surface area contributed by atoms with E-state index in [0.29, 0.717) is 12.8 Å². The summed E-state index contributed by atoms with van der Waals surface area (Å²) in [7, 11) is 0. The predicted octanol–water partition coefficient (Wildman–Crippen LogP) is 3.90. The maximum atomic E-state index is 12.3. The van der Waals surface area contributed by atoms with Gasteiger partial charge in [0, 0.05) is 24.7 Å². The first-order valence-electron chi connectivity index (χ1n) is 8.57. The summed E-state index contributed by atoms with van der Waals surface area (Å²) in [4.78, 5) is 24.6. The number of fused-ring (bicyclic) bond motifs is 1. The van der Waals surface area contributed by atoms with E-state index in [1.165, 1.54) is 6.20 Å². The predicted molar refractivity (Wildman–Crippen MR) is 93.7 cm³/mol. The number of hydrogen-bond acceptors (Lipinski definition) is 5. The summed E-state index contributed by atoms with van der Waals surface area (Å²) < 4.78 is 10.9. The summed E-state index contributed by atoms with van der Waals surface area (Å²) in [6, 6.07) is 13.8. The van der Waals surface area contributed by atoms with Gasteiger partial charge in [-0.2, -0.15) is 0 Å². The third kappa shape index (κ3) is 3.09. The quantitative estimate of drug-likeness (QED) is 0.511. The van der Waals surface area contributed by atoms with Gasteiger partial charge in [0.25, 0.3) is 5.79 Å². The molecule has 4 rings (SSSR count). The SMILES string of the molecule is O=C1OC2(CCCCC2)OC(=O)C1=CNc1ccc2ccccc2c1. The van der Waals surface area contributed by atoms with E-state index in [2.05, 4.69) is 5.32 Å². The standard InChI is InChI=1S/C20H19NO4/c22-18-17(19(23)25-20(24-18)10-4-1-5-11-20)13-21-16-9-8-14-6-2-3-7-15(14)12-16/h2-3,6-9,12-13,21H,1,4-5,10-11H2. The van der Waals surface area contributed by atoms with Gasteiger partial charge in [-0.05, 0) is 35.7 Å². The molecule has 2 aromatic rings. The van der Waals surface area contributed by atoms with Crippen LogP contribution in [0.25, 0.3) is 10.8 Å². The Kier molecular flexibility index (Phi) is 3.92. The first-order chi connectivity index (χ1) is 12.2. The van der Waals surface area contributed by atoms with Crippen LogP contribution >= 0.6 is 0 Å². The van der Waals surface area contributed by atoms with Gasteiger partial charge in [0.1, 0.15) is 0 Å². The van der Waals surface area contributed by atoms with Gasteiger partial charge in [0.05, 0.1) is 0 Å². The number of rotatable bonds is 2. The summed E-state index contributed by atoms with van der Waals surface area (Å²) in [5.74, 6) is -2.29. The molecule has 2 aliphatic rings. The highest BCUT2D eigenvalue weighted by Crippen LogP contribution is 2.37. The summed E-state index contributed by atoms with van der Waals surface area (Å²) in [6.45, 7) is 0. The largest absolute Gasteiger partial charge is 0.419 e. The van der Waals surface area contributed by atoms with Crippen LogP contribution in [0.5, 0.6) is 0 Å².